The number of methoxy groups -OCH3 is 1. The molecular formula is C25H37N5O3S. The largest absolute Gasteiger partial charge is 0.497 e. The number of nitrogens with one attached hydrogen (secondary N) is 1. The Morgan fingerprint density at radius 3 is 2.50 bits per heavy atom. The Morgan fingerprint density at radius 2 is 1.85 bits per heavy atom. The van der Waals surface area contributed by atoms with Crippen LogP contribution in [0.2, 0.25) is 0 Å². The number of rotatable bonds is 9. The molecule has 0 spiro atoms. The molecule has 8 nitrogen and oxygen atoms in total. The highest BCUT2D eigenvalue weighted by molar-refractivity contribution is 7.99. The molecule has 4 rings (SSSR count). The van der Waals surface area contributed by atoms with Crippen LogP contribution in [-0.4, -0.2) is 76.8 Å². The molecule has 34 heavy (non-hydrogen) atoms. The third-order valence-corrected chi connectivity index (χ3v) is 7.89. The molecule has 186 valence electrons. The van der Waals surface area contributed by atoms with Gasteiger partial charge in [0.2, 0.25) is 5.91 Å². The van der Waals surface area contributed by atoms with E-state index in [1.807, 2.05) is 24.3 Å². The molecule has 2 aliphatic rings. The lowest BCUT2D eigenvalue weighted by atomic mass is 9.79. The van der Waals surface area contributed by atoms with Gasteiger partial charge < -0.3 is 14.8 Å². The van der Waals surface area contributed by atoms with E-state index < -0.39 is 0 Å². The summed E-state index contributed by atoms with van der Waals surface area (Å²) in [4.78, 5) is 15.4. The van der Waals surface area contributed by atoms with Crippen molar-refractivity contribution in [1.82, 2.24) is 25.0 Å². The van der Waals surface area contributed by atoms with Gasteiger partial charge in [-0.15, -0.1) is 10.2 Å². The van der Waals surface area contributed by atoms with Gasteiger partial charge in [0.15, 0.2) is 11.0 Å². The number of ether oxygens (including phenoxy) is 2. The number of benzene rings is 1. The van der Waals surface area contributed by atoms with Crippen molar-refractivity contribution in [3.05, 3.63) is 24.3 Å². The maximum absolute atomic E-state index is 12.9. The molecule has 9 heteroatoms. The molecule has 1 saturated heterocycles. The summed E-state index contributed by atoms with van der Waals surface area (Å²) >= 11 is 1.45. The molecule has 0 atom stereocenters. The maximum Gasteiger partial charge on any atom is 0.230 e. The van der Waals surface area contributed by atoms with Crippen LogP contribution in [0.25, 0.3) is 11.4 Å². The fourth-order valence-corrected chi connectivity index (χ4v) is 5.97. The smallest absolute Gasteiger partial charge is 0.230 e. The lowest BCUT2D eigenvalue weighted by Crippen LogP contribution is -2.59. The third-order valence-electron chi connectivity index (χ3n) is 6.94. The minimum Gasteiger partial charge on any atom is -0.497 e. The van der Waals surface area contributed by atoms with Crippen LogP contribution in [-0.2, 0) is 9.53 Å². The van der Waals surface area contributed by atoms with Crippen LogP contribution in [0.3, 0.4) is 0 Å². The summed E-state index contributed by atoms with van der Waals surface area (Å²) in [5.41, 5.74) is 1.05. The maximum atomic E-state index is 12.9. The van der Waals surface area contributed by atoms with Gasteiger partial charge >= 0.3 is 0 Å². The lowest BCUT2D eigenvalue weighted by Gasteiger charge is -2.48. The van der Waals surface area contributed by atoms with Crippen molar-refractivity contribution in [2.45, 2.75) is 62.7 Å². The van der Waals surface area contributed by atoms with Gasteiger partial charge in [-0.25, -0.2) is 0 Å². The van der Waals surface area contributed by atoms with Crippen LogP contribution in [0.15, 0.2) is 29.4 Å². The standard InChI is InChI=1S/C25H37N5O3S/c1-19(2)30-23(20-7-9-21(32-3)10-8-20)27-28-24(30)34-17-22(31)26-18-25(11-5-4-6-12-25)29-13-15-33-16-14-29/h7-10,19H,4-6,11-18H2,1-3H3,(H,26,31). The quantitative estimate of drug-likeness (QED) is 0.539. The second-order valence-corrected chi connectivity index (χ2v) is 10.4. The Labute approximate surface area is 206 Å². The lowest BCUT2D eigenvalue weighted by molar-refractivity contribution is -0.119. The summed E-state index contributed by atoms with van der Waals surface area (Å²) in [7, 11) is 1.66. The van der Waals surface area contributed by atoms with Crippen molar-refractivity contribution in [2.75, 3.05) is 45.7 Å². The fraction of sp³-hybridized carbons (Fsp3) is 0.640. The van der Waals surface area contributed by atoms with Crippen LogP contribution >= 0.6 is 11.8 Å². The number of morpholine rings is 1. The first-order valence-electron chi connectivity index (χ1n) is 12.3. The zero-order valence-electron chi connectivity index (χ0n) is 20.6. The molecule has 1 aliphatic heterocycles. The van der Waals surface area contributed by atoms with E-state index in [0.717, 1.165) is 61.4 Å². The number of nitrogens with zero attached hydrogens (tertiary/aromatic N) is 4. The number of hydrogen-bond acceptors (Lipinski definition) is 7. The van der Waals surface area contributed by atoms with Crippen LogP contribution in [0, 0.1) is 0 Å². The molecule has 2 aromatic rings. The molecule has 2 fully saturated rings. The molecule has 1 aromatic heterocycles. The predicted molar refractivity (Wildman–Crippen MR) is 134 cm³/mol. The summed E-state index contributed by atoms with van der Waals surface area (Å²) in [5, 5.41) is 12.8. The number of thioether (sulfide) groups is 1. The summed E-state index contributed by atoms with van der Waals surface area (Å²) in [6.07, 6.45) is 6.04. The Bertz CT molecular complexity index is 935. The minimum absolute atomic E-state index is 0.0486. The second kappa shape index (κ2) is 11.6. The van der Waals surface area contributed by atoms with Gasteiger partial charge in [0.1, 0.15) is 5.75 Å². The van der Waals surface area contributed by atoms with Crippen molar-refractivity contribution in [3.63, 3.8) is 0 Å². The van der Waals surface area contributed by atoms with Crippen LogP contribution in [0.5, 0.6) is 5.75 Å². The van der Waals surface area contributed by atoms with E-state index >= 15 is 0 Å². The van der Waals surface area contributed by atoms with E-state index in [1.54, 1.807) is 7.11 Å². The molecule has 0 radical (unpaired) electrons. The van der Waals surface area contributed by atoms with Gasteiger partial charge in [0.25, 0.3) is 0 Å². The predicted octanol–water partition coefficient (Wildman–Crippen LogP) is 3.78. The SMILES string of the molecule is COc1ccc(-c2nnc(SCC(=O)NCC3(N4CCOCC4)CCCCC3)n2C(C)C)cc1. The molecule has 2 heterocycles. The number of amides is 1. The summed E-state index contributed by atoms with van der Waals surface area (Å²) in [6, 6.07) is 7.98. The summed E-state index contributed by atoms with van der Waals surface area (Å²) < 4.78 is 12.9. The van der Waals surface area contributed by atoms with Gasteiger partial charge in [-0.2, -0.15) is 0 Å². The van der Waals surface area contributed by atoms with Gasteiger partial charge in [-0.3, -0.25) is 14.3 Å². The van der Waals surface area contributed by atoms with E-state index in [1.165, 1.54) is 31.0 Å². The molecule has 1 aromatic carbocycles. The second-order valence-electron chi connectivity index (χ2n) is 9.45. The van der Waals surface area contributed by atoms with Crippen molar-refractivity contribution in [3.8, 4) is 17.1 Å². The zero-order valence-corrected chi connectivity index (χ0v) is 21.4. The van der Waals surface area contributed by atoms with E-state index in [9.17, 15) is 4.79 Å². The summed E-state index contributed by atoms with van der Waals surface area (Å²) in [5.74, 6) is 1.98. The van der Waals surface area contributed by atoms with Gasteiger partial charge in [0.05, 0.1) is 26.1 Å². The van der Waals surface area contributed by atoms with Crippen molar-refractivity contribution >= 4 is 17.7 Å². The van der Waals surface area contributed by atoms with Crippen molar-refractivity contribution in [1.29, 1.82) is 0 Å². The number of carbonyl (C=O) groups is 1. The third kappa shape index (κ3) is 5.75. The van der Waals surface area contributed by atoms with Gasteiger partial charge in [-0.05, 0) is 51.0 Å². The highest BCUT2D eigenvalue weighted by atomic mass is 32.2. The Kier molecular flexibility index (Phi) is 8.50. The summed E-state index contributed by atoms with van der Waals surface area (Å²) in [6.45, 7) is 8.40. The topological polar surface area (TPSA) is 81.5 Å². The molecule has 1 N–H and O–H groups in total. The molecule has 1 saturated carbocycles. The van der Waals surface area contributed by atoms with E-state index in [-0.39, 0.29) is 17.5 Å². The zero-order chi connectivity index (χ0) is 24.0. The highest BCUT2D eigenvalue weighted by Crippen LogP contribution is 2.34. The number of carbonyl (C=O) groups excluding carboxylic acids is 1. The Hall–Kier alpha value is -2.10. The highest BCUT2D eigenvalue weighted by Gasteiger charge is 2.38. The van der Waals surface area contributed by atoms with Crippen molar-refractivity contribution in [2.24, 2.45) is 0 Å². The van der Waals surface area contributed by atoms with Crippen LogP contribution in [0.1, 0.15) is 52.0 Å². The molecule has 1 amide bonds. The van der Waals surface area contributed by atoms with E-state index in [0.29, 0.717) is 12.3 Å². The first-order chi connectivity index (χ1) is 16.5. The normalized spacial score (nSPS) is 18.7. The minimum atomic E-state index is 0.0486. The average Bonchev–Trinajstić information content (AvgIpc) is 3.32. The molecule has 0 unspecified atom stereocenters. The number of hydrogen-bond donors (Lipinski definition) is 1. The first kappa shape index (κ1) is 25.0. The molecular weight excluding hydrogens is 450 g/mol. The Balaban J connectivity index is 1.39. The fourth-order valence-electron chi connectivity index (χ4n) is 5.07. The van der Waals surface area contributed by atoms with Gasteiger partial charge in [-0.1, -0.05) is 31.0 Å². The first-order valence-corrected chi connectivity index (χ1v) is 13.3. The van der Waals surface area contributed by atoms with Crippen molar-refractivity contribution < 1.29 is 14.3 Å². The van der Waals surface area contributed by atoms with Crippen LogP contribution in [0.4, 0.5) is 0 Å². The molecule has 0 bridgehead atoms. The monoisotopic (exact) mass is 487 g/mol. The van der Waals surface area contributed by atoms with Gasteiger partial charge in [0, 0.05) is 36.8 Å². The Morgan fingerprint density at radius 1 is 1.15 bits per heavy atom. The molecule has 1 aliphatic carbocycles. The number of aromatic nitrogens is 3. The van der Waals surface area contributed by atoms with Crippen LogP contribution < -0.4 is 10.1 Å². The average molecular weight is 488 g/mol. The van der Waals surface area contributed by atoms with E-state index in [4.69, 9.17) is 9.47 Å². The van der Waals surface area contributed by atoms with E-state index in [2.05, 4.69) is 38.8 Å².